The number of rotatable bonds is 5. The maximum absolute atomic E-state index is 11.9. The molecule has 2 nitrogen and oxygen atoms in total. The molecule has 0 aromatic rings. The fourth-order valence-corrected chi connectivity index (χ4v) is 3.32. The Hall–Kier alpha value is -0.790. The highest BCUT2D eigenvalue weighted by Crippen LogP contribution is 2.48. The third kappa shape index (κ3) is 3.15. The van der Waals surface area contributed by atoms with E-state index in [2.05, 4.69) is 30.9 Å². The van der Waals surface area contributed by atoms with Crippen molar-refractivity contribution in [1.29, 1.82) is 0 Å². The van der Waals surface area contributed by atoms with E-state index in [0.717, 1.165) is 24.3 Å². The van der Waals surface area contributed by atoms with Crippen LogP contribution in [0.15, 0.2) is 12.2 Å². The third-order valence-electron chi connectivity index (χ3n) is 4.57. The van der Waals surface area contributed by atoms with Crippen LogP contribution in [0, 0.1) is 17.8 Å². The van der Waals surface area contributed by atoms with Gasteiger partial charge in [-0.05, 0) is 57.3 Å². The monoisotopic (exact) mass is 249 g/mol. The standard InChI is InChI=1S/C16H27NO/c1-4-16(18)17(12(2)3)11-14-10-15(14)13-8-6-5-7-9-13/h5-6,12-15H,4,7-11H2,1-3H3. The number of hydrogen-bond acceptors (Lipinski definition) is 1. The van der Waals surface area contributed by atoms with Crippen molar-refractivity contribution < 1.29 is 4.79 Å². The summed E-state index contributed by atoms with van der Waals surface area (Å²) in [5, 5.41) is 0. The molecule has 3 atom stereocenters. The number of carbonyl (C=O) groups is 1. The van der Waals surface area contributed by atoms with Crippen LogP contribution in [0.4, 0.5) is 0 Å². The molecule has 2 heteroatoms. The molecule has 18 heavy (non-hydrogen) atoms. The summed E-state index contributed by atoms with van der Waals surface area (Å²) in [5.74, 6) is 2.88. The molecule has 0 spiro atoms. The average Bonchev–Trinajstić information content (AvgIpc) is 3.15. The lowest BCUT2D eigenvalue weighted by molar-refractivity contribution is -0.132. The van der Waals surface area contributed by atoms with Gasteiger partial charge in [0.1, 0.15) is 0 Å². The minimum atomic E-state index is 0.319. The Bertz CT molecular complexity index is 321. The second kappa shape index (κ2) is 5.90. The molecule has 2 rings (SSSR count). The molecule has 1 fully saturated rings. The summed E-state index contributed by atoms with van der Waals surface area (Å²) in [7, 11) is 0. The number of allylic oxidation sites excluding steroid dienone is 2. The zero-order chi connectivity index (χ0) is 13.1. The van der Waals surface area contributed by atoms with Gasteiger partial charge in [0.2, 0.25) is 5.91 Å². The van der Waals surface area contributed by atoms with E-state index in [0.29, 0.717) is 18.4 Å². The van der Waals surface area contributed by atoms with Crippen LogP contribution in [0.1, 0.15) is 52.9 Å². The SMILES string of the molecule is CCC(=O)N(CC1CC1C1CC=CCC1)C(C)C. The maximum Gasteiger partial charge on any atom is 0.222 e. The first-order valence-electron chi connectivity index (χ1n) is 7.58. The van der Waals surface area contributed by atoms with E-state index in [1.807, 2.05) is 6.92 Å². The second-order valence-corrected chi connectivity index (χ2v) is 6.20. The van der Waals surface area contributed by atoms with Crippen LogP contribution in [-0.2, 0) is 4.79 Å². The Morgan fingerprint density at radius 1 is 1.39 bits per heavy atom. The van der Waals surface area contributed by atoms with Gasteiger partial charge in [0.05, 0.1) is 0 Å². The van der Waals surface area contributed by atoms with Crippen molar-refractivity contribution in [3.63, 3.8) is 0 Å². The highest BCUT2D eigenvalue weighted by Gasteiger charge is 2.43. The van der Waals surface area contributed by atoms with Crippen LogP contribution >= 0.6 is 0 Å². The highest BCUT2D eigenvalue weighted by molar-refractivity contribution is 5.76. The maximum atomic E-state index is 11.9. The van der Waals surface area contributed by atoms with Gasteiger partial charge in [0, 0.05) is 19.0 Å². The Morgan fingerprint density at radius 3 is 2.72 bits per heavy atom. The summed E-state index contributed by atoms with van der Waals surface area (Å²) in [6, 6.07) is 0.352. The van der Waals surface area contributed by atoms with Crippen LogP contribution in [0.2, 0.25) is 0 Å². The zero-order valence-electron chi connectivity index (χ0n) is 12.1. The normalized spacial score (nSPS) is 30.6. The van der Waals surface area contributed by atoms with Gasteiger partial charge in [-0.15, -0.1) is 0 Å². The number of carbonyl (C=O) groups excluding carboxylic acids is 1. The molecule has 3 unspecified atom stereocenters. The minimum absolute atomic E-state index is 0.319. The number of amides is 1. The molecule has 0 heterocycles. The van der Waals surface area contributed by atoms with E-state index in [1.54, 1.807) is 0 Å². The molecule has 0 radical (unpaired) electrons. The molecular weight excluding hydrogens is 222 g/mol. The molecule has 0 N–H and O–H groups in total. The summed E-state index contributed by atoms with van der Waals surface area (Å²) >= 11 is 0. The van der Waals surface area contributed by atoms with Crippen LogP contribution in [-0.4, -0.2) is 23.4 Å². The summed E-state index contributed by atoms with van der Waals surface area (Å²) in [6.45, 7) is 7.23. The van der Waals surface area contributed by atoms with Gasteiger partial charge in [-0.25, -0.2) is 0 Å². The van der Waals surface area contributed by atoms with Crippen molar-refractivity contribution in [3.05, 3.63) is 12.2 Å². The Kier molecular flexibility index (Phi) is 4.47. The van der Waals surface area contributed by atoms with E-state index >= 15 is 0 Å². The number of nitrogens with zero attached hydrogens (tertiary/aromatic N) is 1. The van der Waals surface area contributed by atoms with Gasteiger partial charge in [-0.1, -0.05) is 19.1 Å². The molecule has 0 saturated heterocycles. The van der Waals surface area contributed by atoms with Crippen LogP contribution in [0.5, 0.6) is 0 Å². The van der Waals surface area contributed by atoms with Gasteiger partial charge < -0.3 is 4.90 Å². The molecule has 1 saturated carbocycles. The van der Waals surface area contributed by atoms with Crippen molar-refractivity contribution in [3.8, 4) is 0 Å². The predicted octanol–water partition coefficient (Wildman–Crippen LogP) is 3.63. The fraction of sp³-hybridized carbons (Fsp3) is 0.812. The Labute approximate surface area is 111 Å². The molecule has 2 aliphatic carbocycles. The van der Waals surface area contributed by atoms with Crippen LogP contribution in [0.25, 0.3) is 0 Å². The lowest BCUT2D eigenvalue weighted by atomic mass is 9.89. The zero-order valence-corrected chi connectivity index (χ0v) is 12.1. The summed E-state index contributed by atoms with van der Waals surface area (Å²) in [4.78, 5) is 14.0. The predicted molar refractivity (Wildman–Crippen MR) is 75.2 cm³/mol. The molecule has 2 aliphatic rings. The molecule has 102 valence electrons. The van der Waals surface area contributed by atoms with E-state index in [-0.39, 0.29) is 0 Å². The van der Waals surface area contributed by atoms with Crippen molar-refractivity contribution in [2.24, 2.45) is 17.8 Å². The summed E-state index contributed by atoms with van der Waals surface area (Å²) in [5.41, 5.74) is 0. The summed E-state index contributed by atoms with van der Waals surface area (Å²) < 4.78 is 0. The van der Waals surface area contributed by atoms with Crippen LogP contribution in [0.3, 0.4) is 0 Å². The van der Waals surface area contributed by atoms with E-state index in [9.17, 15) is 4.79 Å². The topological polar surface area (TPSA) is 20.3 Å². The molecule has 0 aromatic heterocycles. The molecule has 0 aromatic carbocycles. The lowest BCUT2D eigenvalue weighted by Crippen LogP contribution is -2.38. The minimum Gasteiger partial charge on any atom is -0.340 e. The fourth-order valence-electron chi connectivity index (χ4n) is 3.32. The number of hydrogen-bond donors (Lipinski definition) is 0. The van der Waals surface area contributed by atoms with E-state index in [1.165, 1.54) is 25.7 Å². The van der Waals surface area contributed by atoms with Gasteiger partial charge in [-0.2, -0.15) is 0 Å². The smallest absolute Gasteiger partial charge is 0.222 e. The van der Waals surface area contributed by atoms with Gasteiger partial charge in [-0.3, -0.25) is 4.79 Å². The quantitative estimate of drug-likeness (QED) is 0.681. The second-order valence-electron chi connectivity index (χ2n) is 6.20. The molecule has 0 bridgehead atoms. The van der Waals surface area contributed by atoms with Crippen molar-refractivity contribution in [2.45, 2.75) is 58.9 Å². The van der Waals surface area contributed by atoms with Crippen molar-refractivity contribution >= 4 is 5.91 Å². The summed E-state index contributed by atoms with van der Waals surface area (Å²) in [6.07, 6.45) is 10.5. The van der Waals surface area contributed by atoms with Crippen molar-refractivity contribution in [2.75, 3.05) is 6.54 Å². The van der Waals surface area contributed by atoms with Crippen molar-refractivity contribution in [1.82, 2.24) is 4.90 Å². The molecule has 1 amide bonds. The van der Waals surface area contributed by atoms with Gasteiger partial charge in [0.15, 0.2) is 0 Å². The van der Waals surface area contributed by atoms with Gasteiger partial charge in [0.25, 0.3) is 0 Å². The van der Waals surface area contributed by atoms with Crippen LogP contribution < -0.4 is 0 Å². The molecular formula is C16H27NO. The lowest BCUT2D eigenvalue weighted by Gasteiger charge is -2.27. The average molecular weight is 249 g/mol. The first-order chi connectivity index (χ1) is 8.63. The third-order valence-corrected chi connectivity index (χ3v) is 4.57. The van der Waals surface area contributed by atoms with E-state index in [4.69, 9.17) is 0 Å². The Morgan fingerprint density at radius 2 is 2.17 bits per heavy atom. The van der Waals surface area contributed by atoms with E-state index < -0.39 is 0 Å². The first-order valence-corrected chi connectivity index (χ1v) is 7.58. The first kappa shape index (κ1) is 13.6. The highest BCUT2D eigenvalue weighted by atomic mass is 16.2. The molecule has 0 aliphatic heterocycles. The largest absolute Gasteiger partial charge is 0.340 e. The Balaban J connectivity index is 1.83. The van der Waals surface area contributed by atoms with Gasteiger partial charge >= 0.3 is 0 Å².